The molecule has 0 aromatic heterocycles. The fourth-order valence-electron chi connectivity index (χ4n) is 2.18. The van der Waals surface area contributed by atoms with Crippen LogP contribution in [0.25, 0.3) is 0 Å². The van der Waals surface area contributed by atoms with E-state index >= 15 is 0 Å². The third-order valence-electron chi connectivity index (χ3n) is 3.53. The monoisotopic (exact) mass is 248 g/mol. The molecule has 1 aliphatic heterocycles. The first-order chi connectivity index (χ1) is 8.68. The van der Waals surface area contributed by atoms with E-state index in [0.717, 1.165) is 29.7 Å². The summed E-state index contributed by atoms with van der Waals surface area (Å²) >= 11 is 0. The maximum absolute atomic E-state index is 12.0. The van der Waals surface area contributed by atoms with E-state index in [9.17, 15) is 4.79 Å². The van der Waals surface area contributed by atoms with Gasteiger partial charge in [0.15, 0.2) is 0 Å². The Bertz CT molecular complexity index is 426. The number of anilines is 1. The van der Waals surface area contributed by atoms with Crippen LogP contribution in [0.5, 0.6) is 0 Å². The van der Waals surface area contributed by atoms with Crippen LogP contribution in [-0.2, 0) is 16.1 Å². The van der Waals surface area contributed by atoms with Gasteiger partial charge in [0.25, 0.3) is 0 Å². The molecular weight excluding hydrogens is 228 g/mol. The van der Waals surface area contributed by atoms with E-state index in [-0.39, 0.29) is 11.8 Å². The van der Waals surface area contributed by atoms with E-state index in [1.54, 1.807) is 0 Å². The summed E-state index contributed by atoms with van der Waals surface area (Å²) in [6.07, 6.45) is 1.64. The number of benzene rings is 1. The number of nitrogens with two attached hydrogens (primary N) is 1. The van der Waals surface area contributed by atoms with Crippen LogP contribution in [0.2, 0.25) is 0 Å². The van der Waals surface area contributed by atoms with Crippen LogP contribution in [0, 0.1) is 12.8 Å². The van der Waals surface area contributed by atoms with E-state index in [0.29, 0.717) is 19.8 Å². The van der Waals surface area contributed by atoms with Gasteiger partial charge in [-0.25, -0.2) is 0 Å². The molecule has 0 unspecified atom stereocenters. The first-order valence-corrected chi connectivity index (χ1v) is 6.38. The van der Waals surface area contributed by atoms with Gasteiger partial charge in [0.1, 0.15) is 0 Å². The molecule has 1 aromatic rings. The molecule has 1 fully saturated rings. The predicted molar refractivity (Wildman–Crippen MR) is 71.0 cm³/mol. The zero-order chi connectivity index (χ0) is 13.0. The zero-order valence-electron chi connectivity index (χ0n) is 10.7. The highest BCUT2D eigenvalue weighted by molar-refractivity contribution is 5.78. The Morgan fingerprint density at radius 1 is 1.44 bits per heavy atom. The van der Waals surface area contributed by atoms with Gasteiger partial charge in [-0.15, -0.1) is 0 Å². The Morgan fingerprint density at radius 3 is 2.89 bits per heavy atom. The first kappa shape index (κ1) is 12.9. The van der Waals surface area contributed by atoms with E-state index in [4.69, 9.17) is 10.5 Å². The molecule has 4 heteroatoms. The lowest BCUT2D eigenvalue weighted by Crippen LogP contribution is -2.34. The topological polar surface area (TPSA) is 64.3 Å². The fourth-order valence-corrected chi connectivity index (χ4v) is 2.18. The highest BCUT2D eigenvalue weighted by atomic mass is 16.5. The number of rotatable bonds is 3. The van der Waals surface area contributed by atoms with E-state index < -0.39 is 0 Å². The number of nitrogens with one attached hydrogen (secondary N) is 1. The van der Waals surface area contributed by atoms with Crippen molar-refractivity contribution in [3.05, 3.63) is 29.3 Å². The van der Waals surface area contributed by atoms with Crippen LogP contribution >= 0.6 is 0 Å². The normalized spacial score (nSPS) is 16.5. The Hall–Kier alpha value is -1.55. The van der Waals surface area contributed by atoms with Gasteiger partial charge in [-0.05, 0) is 37.0 Å². The summed E-state index contributed by atoms with van der Waals surface area (Å²) in [4.78, 5) is 12.0. The third-order valence-corrected chi connectivity index (χ3v) is 3.53. The Kier molecular flexibility index (Phi) is 4.20. The zero-order valence-corrected chi connectivity index (χ0v) is 10.7. The second-order valence-electron chi connectivity index (χ2n) is 4.74. The molecule has 0 atom stereocenters. The minimum atomic E-state index is 0.0973. The Labute approximate surface area is 108 Å². The lowest BCUT2D eigenvalue weighted by atomic mass is 9.99. The van der Waals surface area contributed by atoms with Crippen molar-refractivity contribution in [2.75, 3.05) is 18.9 Å². The summed E-state index contributed by atoms with van der Waals surface area (Å²) in [5.41, 5.74) is 8.74. The molecule has 0 saturated carbocycles. The van der Waals surface area contributed by atoms with Crippen LogP contribution < -0.4 is 11.1 Å². The molecule has 0 aliphatic carbocycles. The molecule has 1 amide bonds. The van der Waals surface area contributed by atoms with E-state index in [1.807, 2.05) is 25.1 Å². The number of hydrogen-bond acceptors (Lipinski definition) is 3. The molecule has 98 valence electrons. The first-order valence-electron chi connectivity index (χ1n) is 6.38. The summed E-state index contributed by atoms with van der Waals surface area (Å²) in [6.45, 7) is 3.91. The maximum Gasteiger partial charge on any atom is 0.223 e. The molecule has 1 saturated heterocycles. The lowest BCUT2D eigenvalue weighted by molar-refractivity contribution is -0.128. The van der Waals surface area contributed by atoms with Gasteiger partial charge >= 0.3 is 0 Å². The van der Waals surface area contributed by atoms with Crippen molar-refractivity contribution in [2.45, 2.75) is 26.3 Å². The van der Waals surface area contributed by atoms with Gasteiger partial charge in [-0.3, -0.25) is 4.79 Å². The molecule has 1 aliphatic rings. The second kappa shape index (κ2) is 5.87. The van der Waals surface area contributed by atoms with Gasteiger partial charge < -0.3 is 15.8 Å². The highest BCUT2D eigenvalue weighted by Gasteiger charge is 2.21. The number of nitrogen functional groups attached to an aromatic ring is 1. The van der Waals surface area contributed by atoms with Gasteiger partial charge in [-0.2, -0.15) is 0 Å². The summed E-state index contributed by atoms with van der Waals surface area (Å²) in [5, 5.41) is 2.99. The standard InChI is InChI=1S/C14H20N2O2/c1-10-12(3-2-4-13(10)15)9-16-14(17)11-5-7-18-8-6-11/h2-4,11H,5-9,15H2,1H3,(H,16,17). The van der Waals surface area contributed by atoms with E-state index in [2.05, 4.69) is 5.32 Å². The number of hydrogen-bond donors (Lipinski definition) is 2. The summed E-state index contributed by atoms with van der Waals surface area (Å²) in [6, 6.07) is 5.79. The highest BCUT2D eigenvalue weighted by Crippen LogP contribution is 2.17. The van der Waals surface area contributed by atoms with Crippen molar-refractivity contribution in [1.29, 1.82) is 0 Å². The van der Waals surface area contributed by atoms with Crippen molar-refractivity contribution in [2.24, 2.45) is 5.92 Å². The average molecular weight is 248 g/mol. The van der Waals surface area contributed by atoms with Gasteiger partial charge in [0, 0.05) is 31.4 Å². The van der Waals surface area contributed by atoms with Crippen molar-refractivity contribution in [1.82, 2.24) is 5.32 Å². The van der Waals surface area contributed by atoms with Crippen molar-refractivity contribution < 1.29 is 9.53 Å². The van der Waals surface area contributed by atoms with Crippen LogP contribution in [0.3, 0.4) is 0 Å². The number of amides is 1. The van der Waals surface area contributed by atoms with Crippen molar-refractivity contribution in [3.8, 4) is 0 Å². The largest absolute Gasteiger partial charge is 0.399 e. The second-order valence-corrected chi connectivity index (χ2v) is 4.74. The lowest BCUT2D eigenvalue weighted by Gasteiger charge is -2.21. The van der Waals surface area contributed by atoms with Gasteiger partial charge in [-0.1, -0.05) is 12.1 Å². The molecule has 18 heavy (non-hydrogen) atoms. The average Bonchev–Trinajstić information content (AvgIpc) is 2.41. The quantitative estimate of drug-likeness (QED) is 0.799. The Balaban J connectivity index is 1.90. The number of carbonyl (C=O) groups is 1. The Morgan fingerprint density at radius 2 is 2.17 bits per heavy atom. The molecule has 1 heterocycles. The SMILES string of the molecule is Cc1c(N)cccc1CNC(=O)C1CCOCC1. The molecule has 4 nitrogen and oxygen atoms in total. The molecule has 1 aromatic carbocycles. The van der Waals surface area contributed by atoms with E-state index in [1.165, 1.54) is 0 Å². The maximum atomic E-state index is 12.0. The third kappa shape index (κ3) is 3.01. The van der Waals surface area contributed by atoms with Crippen LogP contribution in [0.1, 0.15) is 24.0 Å². The predicted octanol–water partition coefficient (Wildman–Crippen LogP) is 1.62. The smallest absolute Gasteiger partial charge is 0.223 e. The summed E-state index contributed by atoms with van der Waals surface area (Å²) in [5.74, 6) is 0.222. The van der Waals surface area contributed by atoms with Crippen LogP contribution in [-0.4, -0.2) is 19.1 Å². The van der Waals surface area contributed by atoms with Gasteiger partial charge in [0.05, 0.1) is 0 Å². The summed E-state index contributed by atoms with van der Waals surface area (Å²) in [7, 11) is 0. The molecule has 0 spiro atoms. The molecular formula is C14H20N2O2. The number of ether oxygens (including phenoxy) is 1. The van der Waals surface area contributed by atoms with Crippen molar-refractivity contribution in [3.63, 3.8) is 0 Å². The minimum absolute atomic E-state index is 0.0973. The van der Waals surface area contributed by atoms with Crippen molar-refractivity contribution >= 4 is 11.6 Å². The summed E-state index contributed by atoms with van der Waals surface area (Å²) < 4.78 is 5.25. The van der Waals surface area contributed by atoms with Gasteiger partial charge in [0.2, 0.25) is 5.91 Å². The van der Waals surface area contributed by atoms with Crippen LogP contribution in [0.4, 0.5) is 5.69 Å². The molecule has 0 bridgehead atoms. The molecule has 3 N–H and O–H groups in total. The fraction of sp³-hybridized carbons (Fsp3) is 0.500. The number of carbonyl (C=O) groups excluding carboxylic acids is 1. The molecule has 0 radical (unpaired) electrons. The van der Waals surface area contributed by atoms with Crippen LogP contribution in [0.15, 0.2) is 18.2 Å². The minimum Gasteiger partial charge on any atom is -0.399 e. The molecule has 2 rings (SSSR count).